The Bertz CT molecular complexity index is 643. The zero-order valence-corrected chi connectivity index (χ0v) is 10.6. The molecule has 3 rings (SSSR count). The Morgan fingerprint density at radius 2 is 2.20 bits per heavy atom. The van der Waals surface area contributed by atoms with Crippen LogP contribution in [-0.2, 0) is 4.74 Å². The van der Waals surface area contributed by atoms with Gasteiger partial charge in [0.2, 0.25) is 5.58 Å². The Hall–Kier alpha value is -1.81. The summed E-state index contributed by atoms with van der Waals surface area (Å²) in [5.41, 5.74) is 4.68. The number of nitrogens with two attached hydrogens (primary N) is 1. The molecule has 9 nitrogen and oxygen atoms in total. The van der Waals surface area contributed by atoms with E-state index in [9.17, 15) is 10.2 Å². The first-order valence-corrected chi connectivity index (χ1v) is 5.99. The molecule has 5 N–H and O–H groups in total. The molecule has 2 aromatic heterocycles. The molecule has 1 aliphatic rings. The molecule has 0 amide bonds. The number of hydrogen-bond donors (Lipinski definition) is 4. The van der Waals surface area contributed by atoms with Crippen LogP contribution in [0.15, 0.2) is 10.9 Å². The highest BCUT2D eigenvalue weighted by molar-refractivity contribution is 5.83. The van der Waals surface area contributed by atoms with Crippen molar-refractivity contribution >= 4 is 16.9 Å². The zero-order chi connectivity index (χ0) is 14.5. The van der Waals surface area contributed by atoms with Gasteiger partial charge in [-0.05, 0) is 6.92 Å². The Kier molecular flexibility index (Phi) is 2.87. The topological polar surface area (TPSA) is 148 Å². The summed E-state index contributed by atoms with van der Waals surface area (Å²) in [5.74, 6) is 0.116. The molecule has 20 heavy (non-hydrogen) atoms. The summed E-state index contributed by atoms with van der Waals surface area (Å²) in [5, 5.41) is 33.3. The quantitative estimate of drug-likeness (QED) is 0.529. The van der Waals surface area contributed by atoms with Crippen LogP contribution in [0.5, 0.6) is 0 Å². The number of nitrogens with zero attached hydrogens (tertiary/aromatic N) is 3. The van der Waals surface area contributed by atoms with Gasteiger partial charge >= 0.3 is 0 Å². The van der Waals surface area contributed by atoms with Gasteiger partial charge in [-0.15, -0.1) is 0 Å². The number of aliphatic hydroxyl groups excluding tert-OH is 2. The van der Waals surface area contributed by atoms with Gasteiger partial charge in [-0.1, -0.05) is 5.16 Å². The first-order chi connectivity index (χ1) is 9.46. The maximum atomic E-state index is 10.4. The van der Waals surface area contributed by atoms with E-state index < -0.39 is 30.5 Å². The van der Waals surface area contributed by atoms with E-state index in [1.807, 2.05) is 0 Å². The second-order valence-corrected chi connectivity index (χ2v) is 4.91. The van der Waals surface area contributed by atoms with Gasteiger partial charge in [0.1, 0.15) is 41.5 Å². The number of ether oxygens (including phenoxy) is 1. The number of nitrogen functional groups attached to an aromatic ring is 1. The third-order valence-corrected chi connectivity index (χ3v) is 3.53. The highest BCUT2D eigenvalue weighted by Gasteiger charge is 2.54. The van der Waals surface area contributed by atoms with Crippen LogP contribution < -0.4 is 5.73 Å². The van der Waals surface area contributed by atoms with Gasteiger partial charge < -0.3 is 30.3 Å². The summed E-state index contributed by atoms with van der Waals surface area (Å²) in [6.45, 7) is 0.962. The summed E-state index contributed by atoms with van der Waals surface area (Å²) < 4.78 is 10.5. The lowest BCUT2D eigenvalue weighted by Crippen LogP contribution is -2.43. The molecule has 0 radical (unpaired) electrons. The van der Waals surface area contributed by atoms with E-state index in [-0.39, 0.29) is 17.1 Å². The SMILES string of the molecule is C[C@]1(O)C(c2noc3c(N)ncnc23)OC(CO)[C@H]1O. The summed E-state index contributed by atoms with van der Waals surface area (Å²) in [6.07, 6.45) is -1.93. The second kappa shape index (κ2) is 4.35. The van der Waals surface area contributed by atoms with Crippen molar-refractivity contribution in [1.82, 2.24) is 15.1 Å². The number of fused-ring (bicyclic) bond motifs is 1. The monoisotopic (exact) mass is 282 g/mol. The van der Waals surface area contributed by atoms with Crippen LogP contribution in [0.1, 0.15) is 18.7 Å². The first-order valence-electron chi connectivity index (χ1n) is 5.99. The fourth-order valence-corrected chi connectivity index (χ4v) is 2.37. The molecule has 1 saturated heterocycles. The standard InChI is InChI=1S/C11H14N4O5/c1-11(18)8(17)4(2-16)19-9(11)6-5-7(20-15-6)10(12)14-3-13-5/h3-4,8-9,16-18H,2H2,1H3,(H2,12,13,14)/t4?,8-,9?,11-/m1/s1. The van der Waals surface area contributed by atoms with Crippen molar-refractivity contribution in [3.8, 4) is 0 Å². The van der Waals surface area contributed by atoms with E-state index in [2.05, 4.69) is 15.1 Å². The average Bonchev–Trinajstić information content (AvgIpc) is 2.92. The molecule has 1 fully saturated rings. The second-order valence-electron chi connectivity index (χ2n) is 4.91. The maximum Gasteiger partial charge on any atom is 0.227 e. The van der Waals surface area contributed by atoms with E-state index in [0.717, 1.165) is 0 Å². The van der Waals surface area contributed by atoms with Gasteiger partial charge in [0.15, 0.2) is 5.82 Å². The van der Waals surface area contributed by atoms with Crippen molar-refractivity contribution in [2.45, 2.75) is 30.8 Å². The van der Waals surface area contributed by atoms with Crippen molar-refractivity contribution < 1.29 is 24.6 Å². The lowest BCUT2D eigenvalue weighted by molar-refractivity contribution is -0.0663. The number of aliphatic hydroxyl groups is 3. The van der Waals surface area contributed by atoms with Crippen LogP contribution in [0.4, 0.5) is 5.82 Å². The summed E-state index contributed by atoms with van der Waals surface area (Å²) in [6, 6.07) is 0. The molecule has 4 atom stereocenters. The highest BCUT2D eigenvalue weighted by Crippen LogP contribution is 2.42. The first kappa shape index (κ1) is 13.2. The van der Waals surface area contributed by atoms with E-state index in [0.29, 0.717) is 5.52 Å². The molecule has 0 bridgehead atoms. The van der Waals surface area contributed by atoms with Crippen molar-refractivity contribution in [2.24, 2.45) is 0 Å². The van der Waals surface area contributed by atoms with Crippen LogP contribution in [0, 0.1) is 0 Å². The Morgan fingerprint density at radius 1 is 1.45 bits per heavy atom. The van der Waals surface area contributed by atoms with E-state index in [4.69, 9.17) is 20.1 Å². The van der Waals surface area contributed by atoms with Crippen molar-refractivity contribution in [1.29, 1.82) is 0 Å². The maximum absolute atomic E-state index is 10.4. The van der Waals surface area contributed by atoms with Gasteiger partial charge in [-0.3, -0.25) is 0 Å². The molecular weight excluding hydrogens is 268 g/mol. The molecule has 1 aliphatic heterocycles. The average molecular weight is 282 g/mol. The molecule has 3 heterocycles. The molecule has 0 aromatic carbocycles. The summed E-state index contributed by atoms with van der Waals surface area (Å²) >= 11 is 0. The largest absolute Gasteiger partial charge is 0.394 e. The van der Waals surface area contributed by atoms with Crippen molar-refractivity contribution in [3.63, 3.8) is 0 Å². The Balaban J connectivity index is 2.10. The normalized spacial score (nSPS) is 33.9. The minimum atomic E-state index is -1.64. The minimum Gasteiger partial charge on any atom is -0.394 e. The predicted molar refractivity (Wildman–Crippen MR) is 65.3 cm³/mol. The van der Waals surface area contributed by atoms with Gasteiger partial charge in [-0.25, -0.2) is 9.97 Å². The number of aromatic nitrogens is 3. The van der Waals surface area contributed by atoms with Gasteiger partial charge in [-0.2, -0.15) is 0 Å². The minimum absolute atomic E-state index is 0.116. The molecule has 0 spiro atoms. The van der Waals surface area contributed by atoms with E-state index in [1.165, 1.54) is 13.3 Å². The van der Waals surface area contributed by atoms with Crippen molar-refractivity contribution in [3.05, 3.63) is 12.0 Å². The van der Waals surface area contributed by atoms with Crippen LogP contribution in [0.25, 0.3) is 11.1 Å². The third-order valence-electron chi connectivity index (χ3n) is 3.53. The van der Waals surface area contributed by atoms with Crippen LogP contribution >= 0.6 is 0 Å². The van der Waals surface area contributed by atoms with Gasteiger partial charge in [0.25, 0.3) is 0 Å². The molecule has 2 unspecified atom stereocenters. The molecule has 9 heteroatoms. The van der Waals surface area contributed by atoms with Crippen LogP contribution in [0.3, 0.4) is 0 Å². The number of rotatable bonds is 2. The number of hydrogen-bond acceptors (Lipinski definition) is 9. The van der Waals surface area contributed by atoms with Crippen LogP contribution in [0.2, 0.25) is 0 Å². The van der Waals surface area contributed by atoms with Crippen molar-refractivity contribution in [2.75, 3.05) is 12.3 Å². The zero-order valence-electron chi connectivity index (χ0n) is 10.6. The van der Waals surface area contributed by atoms with Gasteiger partial charge in [0.05, 0.1) is 6.61 Å². The third kappa shape index (κ3) is 1.68. The smallest absolute Gasteiger partial charge is 0.227 e. The summed E-state index contributed by atoms with van der Waals surface area (Å²) in [4.78, 5) is 7.78. The van der Waals surface area contributed by atoms with Crippen LogP contribution in [-0.4, -0.2) is 54.9 Å². The molecule has 0 aliphatic carbocycles. The fraction of sp³-hybridized carbons (Fsp3) is 0.545. The van der Waals surface area contributed by atoms with E-state index >= 15 is 0 Å². The molecule has 0 saturated carbocycles. The molecular formula is C11H14N4O5. The summed E-state index contributed by atoms with van der Waals surface area (Å²) in [7, 11) is 0. The lowest BCUT2D eigenvalue weighted by Gasteiger charge is -2.25. The fourth-order valence-electron chi connectivity index (χ4n) is 2.37. The molecule has 2 aromatic rings. The highest BCUT2D eigenvalue weighted by atomic mass is 16.6. The lowest BCUT2D eigenvalue weighted by atomic mass is 9.91. The van der Waals surface area contributed by atoms with Gasteiger partial charge in [0, 0.05) is 0 Å². The molecule has 108 valence electrons. The Labute approximate surface area is 113 Å². The number of anilines is 1. The predicted octanol–water partition coefficient (Wildman–Crippen LogP) is -1.26. The Morgan fingerprint density at radius 3 is 2.85 bits per heavy atom. The van der Waals surface area contributed by atoms with E-state index in [1.54, 1.807) is 0 Å².